The number of benzene rings is 1. The molecule has 0 aliphatic carbocycles. The zero-order valence-corrected chi connectivity index (χ0v) is 16.1. The van der Waals surface area contributed by atoms with Crippen molar-refractivity contribution in [2.45, 2.75) is 12.8 Å². The van der Waals surface area contributed by atoms with Gasteiger partial charge in [-0.2, -0.15) is 0 Å². The molecule has 3 heterocycles. The number of carbonyl (C=O) groups is 2. The maximum atomic E-state index is 13.1. The molecule has 2 aliphatic rings. The summed E-state index contributed by atoms with van der Waals surface area (Å²) in [6.45, 7) is 4.70. The van der Waals surface area contributed by atoms with Gasteiger partial charge in [0.1, 0.15) is 17.3 Å². The molecule has 2 amide bonds. The lowest BCUT2D eigenvalue weighted by molar-refractivity contribution is -0.125. The number of hydrogen-bond acceptors (Lipinski definition) is 4. The van der Waals surface area contributed by atoms with Crippen LogP contribution in [-0.4, -0.2) is 46.7 Å². The summed E-state index contributed by atoms with van der Waals surface area (Å²) in [5, 5.41) is 2.77. The molecule has 29 heavy (non-hydrogen) atoms. The van der Waals surface area contributed by atoms with Gasteiger partial charge in [0.05, 0.1) is 6.54 Å². The molecule has 1 aromatic carbocycles. The first kappa shape index (κ1) is 18.9. The Morgan fingerprint density at radius 1 is 1.21 bits per heavy atom. The van der Waals surface area contributed by atoms with Gasteiger partial charge in [-0.3, -0.25) is 9.59 Å². The van der Waals surface area contributed by atoms with E-state index in [4.69, 9.17) is 0 Å². The van der Waals surface area contributed by atoms with Crippen molar-refractivity contribution < 1.29 is 14.0 Å². The maximum Gasteiger partial charge on any atom is 0.274 e. The van der Waals surface area contributed by atoms with Crippen molar-refractivity contribution in [1.82, 2.24) is 14.8 Å². The van der Waals surface area contributed by atoms with Gasteiger partial charge in [-0.1, -0.05) is 18.7 Å². The van der Waals surface area contributed by atoms with Gasteiger partial charge in [0.25, 0.3) is 5.91 Å². The second kappa shape index (κ2) is 7.50. The number of halogens is 1. The van der Waals surface area contributed by atoms with Crippen molar-refractivity contribution in [3.63, 3.8) is 0 Å². The number of allylic oxidation sites excluding steroid dienone is 1. The van der Waals surface area contributed by atoms with Crippen molar-refractivity contribution in [1.29, 1.82) is 0 Å². The first-order valence-corrected chi connectivity index (χ1v) is 9.41. The first-order valence-electron chi connectivity index (χ1n) is 9.41. The molecule has 1 aromatic heterocycles. The number of aromatic nitrogens is 1. The second-order valence-corrected chi connectivity index (χ2v) is 7.15. The number of rotatable bonds is 4. The average Bonchev–Trinajstić information content (AvgIpc) is 2.94. The number of hydrogen-bond donors (Lipinski definition) is 1. The van der Waals surface area contributed by atoms with E-state index in [9.17, 15) is 14.0 Å². The second-order valence-electron chi connectivity index (χ2n) is 7.15. The van der Waals surface area contributed by atoms with Gasteiger partial charge < -0.3 is 15.1 Å². The predicted octanol–water partition coefficient (Wildman–Crippen LogP) is 3.16. The number of nitrogens with one attached hydrogen (secondary N) is 1. The molecule has 1 N–H and O–H groups in total. The van der Waals surface area contributed by atoms with Gasteiger partial charge in [0, 0.05) is 36.6 Å². The number of likely N-dealkylation sites (N-methyl/N-ethyl adjacent to an activating group) is 1. The van der Waals surface area contributed by atoms with Crippen LogP contribution < -0.4 is 5.32 Å². The molecule has 0 spiro atoms. The summed E-state index contributed by atoms with van der Waals surface area (Å²) < 4.78 is 13.1. The molecular weight excluding hydrogens is 371 g/mol. The van der Waals surface area contributed by atoms with Crippen LogP contribution in [0, 0.1) is 5.82 Å². The Balaban J connectivity index is 1.43. The third-order valence-electron chi connectivity index (χ3n) is 5.26. The van der Waals surface area contributed by atoms with Crippen LogP contribution in [0.15, 0.2) is 66.1 Å². The first-order chi connectivity index (χ1) is 13.9. The standard InChI is InChI=1S/C22H21FN4O2/c1-14-18-4-3-11-27(21(18)22(29)26(14)2)13-20(28)25-19-10-7-16(12-24-19)15-5-8-17(23)9-6-15/h5-10,12H,1,3-4,11,13H2,2H3,(H,24,25,28). The Labute approximate surface area is 168 Å². The molecule has 2 aromatic rings. The Kier molecular flexibility index (Phi) is 4.88. The summed E-state index contributed by atoms with van der Waals surface area (Å²) in [6, 6.07) is 9.65. The molecule has 4 rings (SSSR count). The van der Waals surface area contributed by atoms with Crippen molar-refractivity contribution in [2.24, 2.45) is 0 Å². The average molecular weight is 392 g/mol. The van der Waals surface area contributed by atoms with E-state index in [-0.39, 0.29) is 24.2 Å². The molecule has 0 atom stereocenters. The minimum absolute atomic E-state index is 0.0765. The van der Waals surface area contributed by atoms with Gasteiger partial charge in [-0.05, 0) is 42.7 Å². The van der Waals surface area contributed by atoms with Crippen LogP contribution in [0.5, 0.6) is 0 Å². The number of anilines is 1. The zero-order chi connectivity index (χ0) is 20.5. The van der Waals surface area contributed by atoms with Crippen LogP contribution in [0.2, 0.25) is 0 Å². The molecule has 0 unspecified atom stereocenters. The van der Waals surface area contributed by atoms with Gasteiger partial charge in [-0.15, -0.1) is 0 Å². The lowest BCUT2D eigenvalue weighted by Gasteiger charge is -2.28. The normalized spacial score (nSPS) is 16.3. The molecule has 7 heteroatoms. The topological polar surface area (TPSA) is 65.5 Å². The highest BCUT2D eigenvalue weighted by atomic mass is 19.1. The quantitative estimate of drug-likeness (QED) is 0.868. The summed E-state index contributed by atoms with van der Waals surface area (Å²) in [6.07, 6.45) is 3.30. The molecule has 0 bridgehead atoms. The number of nitrogens with zero attached hydrogens (tertiary/aromatic N) is 3. The van der Waals surface area contributed by atoms with E-state index >= 15 is 0 Å². The molecule has 6 nitrogen and oxygen atoms in total. The van der Waals surface area contributed by atoms with Crippen LogP contribution in [0.4, 0.5) is 10.2 Å². The van der Waals surface area contributed by atoms with Crippen LogP contribution in [-0.2, 0) is 9.59 Å². The van der Waals surface area contributed by atoms with Gasteiger partial charge in [-0.25, -0.2) is 9.37 Å². The van der Waals surface area contributed by atoms with E-state index in [1.807, 2.05) is 11.0 Å². The van der Waals surface area contributed by atoms with Crippen LogP contribution >= 0.6 is 0 Å². The van der Waals surface area contributed by atoms with E-state index in [1.165, 1.54) is 17.0 Å². The summed E-state index contributed by atoms with van der Waals surface area (Å²) >= 11 is 0. The third-order valence-corrected chi connectivity index (χ3v) is 5.26. The predicted molar refractivity (Wildman–Crippen MR) is 108 cm³/mol. The Morgan fingerprint density at radius 2 is 1.93 bits per heavy atom. The minimum atomic E-state index is -0.294. The number of amides is 2. The highest BCUT2D eigenvalue weighted by Crippen LogP contribution is 2.35. The third kappa shape index (κ3) is 3.63. The SMILES string of the molecule is C=C1C2=C(C(=O)N1C)N(CC(=O)Nc1ccc(-c3ccc(F)cc3)cn1)CCC2. The molecular formula is C22H21FN4O2. The summed E-state index contributed by atoms with van der Waals surface area (Å²) in [5.41, 5.74) is 3.89. The Morgan fingerprint density at radius 3 is 2.62 bits per heavy atom. The van der Waals surface area contributed by atoms with E-state index in [0.29, 0.717) is 23.8 Å². The largest absolute Gasteiger partial charge is 0.357 e. The van der Waals surface area contributed by atoms with Crippen molar-refractivity contribution >= 4 is 17.6 Å². The Bertz CT molecular complexity index is 1010. The summed E-state index contributed by atoms with van der Waals surface area (Å²) in [5.74, 6) is -0.225. The van der Waals surface area contributed by atoms with Gasteiger partial charge in [0.15, 0.2) is 0 Å². The number of pyridine rings is 1. The fourth-order valence-corrected chi connectivity index (χ4v) is 3.69. The van der Waals surface area contributed by atoms with Gasteiger partial charge in [0.2, 0.25) is 5.91 Å². The number of carbonyl (C=O) groups excluding carboxylic acids is 2. The van der Waals surface area contributed by atoms with E-state index in [2.05, 4.69) is 16.9 Å². The summed E-state index contributed by atoms with van der Waals surface area (Å²) in [7, 11) is 1.70. The minimum Gasteiger partial charge on any atom is -0.357 e. The van der Waals surface area contributed by atoms with Crippen LogP contribution in [0.3, 0.4) is 0 Å². The molecule has 0 saturated heterocycles. The highest BCUT2D eigenvalue weighted by molar-refractivity contribution is 6.01. The zero-order valence-electron chi connectivity index (χ0n) is 16.1. The van der Waals surface area contributed by atoms with Crippen LogP contribution in [0.1, 0.15) is 12.8 Å². The molecule has 148 valence electrons. The van der Waals surface area contributed by atoms with E-state index in [1.54, 1.807) is 31.4 Å². The molecule has 0 radical (unpaired) electrons. The molecule has 0 saturated carbocycles. The van der Waals surface area contributed by atoms with Crippen molar-refractivity contribution in [2.75, 3.05) is 25.5 Å². The van der Waals surface area contributed by atoms with Crippen LogP contribution in [0.25, 0.3) is 11.1 Å². The lowest BCUT2D eigenvalue weighted by atomic mass is 10.0. The fourth-order valence-electron chi connectivity index (χ4n) is 3.69. The highest BCUT2D eigenvalue weighted by Gasteiger charge is 2.37. The van der Waals surface area contributed by atoms with Crippen molar-refractivity contribution in [3.8, 4) is 11.1 Å². The van der Waals surface area contributed by atoms with E-state index < -0.39 is 0 Å². The van der Waals surface area contributed by atoms with E-state index in [0.717, 1.165) is 29.5 Å². The van der Waals surface area contributed by atoms with Gasteiger partial charge >= 0.3 is 0 Å². The lowest BCUT2D eigenvalue weighted by Crippen LogP contribution is -2.38. The monoisotopic (exact) mass is 392 g/mol. The maximum absolute atomic E-state index is 13.1. The summed E-state index contributed by atoms with van der Waals surface area (Å²) in [4.78, 5) is 32.6. The smallest absolute Gasteiger partial charge is 0.274 e. The Hall–Kier alpha value is -3.48. The fraction of sp³-hybridized carbons (Fsp3) is 0.227. The van der Waals surface area contributed by atoms with Crippen molar-refractivity contribution in [3.05, 3.63) is 72.0 Å². The molecule has 2 aliphatic heterocycles. The molecule has 0 fully saturated rings.